The van der Waals surface area contributed by atoms with Crippen LogP contribution in [0.4, 0.5) is 10.3 Å². The summed E-state index contributed by atoms with van der Waals surface area (Å²) in [5.41, 5.74) is 6.71. The Morgan fingerprint density at radius 3 is 2.67 bits per heavy atom. The molecule has 0 aliphatic heterocycles. The third-order valence-electron chi connectivity index (χ3n) is 2.26. The molecule has 0 spiro atoms. The van der Waals surface area contributed by atoms with Crippen molar-refractivity contribution in [2.75, 3.05) is 5.73 Å². The topological polar surface area (TPSA) is 61.0 Å². The lowest BCUT2D eigenvalue weighted by Crippen LogP contribution is -2.06. The summed E-state index contributed by atoms with van der Waals surface area (Å²) in [7, 11) is 0. The Labute approximate surface area is 105 Å². The minimum atomic E-state index is -0.418. The normalized spacial score (nSPS) is 10.7. The molecule has 0 saturated carbocycles. The number of hydrogen-bond acceptors (Lipinski definition) is 4. The van der Waals surface area contributed by atoms with E-state index in [9.17, 15) is 4.39 Å². The summed E-state index contributed by atoms with van der Waals surface area (Å²) in [5.74, 6) is -0.0235. The van der Waals surface area contributed by atoms with Crippen molar-refractivity contribution in [1.82, 2.24) is 9.97 Å². The number of benzene rings is 1. The maximum atomic E-state index is 13.8. The van der Waals surface area contributed by atoms with Crippen molar-refractivity contribution in [1.29, 1.82) is 0 Å². The minimum absolute atomic E-state index is 0.0694. The summed E-state index contributed by atoms with van der Waals surface area (Å²) in [6.45, 7) is 3.69. The Kier molecular flexibility index (Phi) is 3.41. The molecule has 1 aromatic heterocycles. The van der Waals surface area contributed by atoms with Crippen LogP contribution in [0.5, 0.6) is 5.75 Å². The van der Waals surface area contributed by atoms with Gasteiger partial charge in [0.25, 0.3) is 0 Å². The number of anilines is 1. The number of nitrogens with two attached hydrogens (primary N) is 1. The third-order valence-corrected chi connectivity index (χ3v) is 2.26. The van der Waals surface area contributed by atoms with Crippen LogP contribution in [0.2, 0.25) is 0 Å². The van der Waals surface area contributed by atoms with Gasteiger partial charge in [0.05, 0.1) is 11.8 Å². The van der Waals surface area contributed by atoms with Gasteiger partial charge in [0.2, 0.25) is 5.95 Å². The minimum Gasteiger partial charge on any atom is -0.488 e. The van der Waals surface area contributed by atoms with E-state index < -0.39 is 5.82 Å². The Morgan fingerprint density at radius 2 is 2.06 bits per heavy atom. The second kappa shape index (κ2) is 5.00. The van der Waals surface area contributed by atoms with E-state index in [4.69, 9.17) is 10.5 Å². The summed E-state index contributed by atoms with van der Waals surface area (Å²) in [6.07, 6.45) is 1.47. The Hall–Kier alpha value is -2.17. The number of aromatic nitrogens is 2. The lowest BCUT2D eigenvalue weighted by molar-refractivity contribution is 0.231. The zero-order chi connectivity index (χ0) is 13.1. The monoisotopic (exact) mass is 247 g/mol. The largest absolute Gasteiger partial charge is 0.488 e. The van der Waals surface area contributed by atoms with Gasteiger partial charge in [-0.3, -0.25) is 0 Å². The number of ether oxygens (including phenoxy) is 1. The second-order valence-corrected chi connectivity index (χ2v) is 4.11. The Morgan fingerprint density at radius 1 is 1.28 bits per heavy atom. The maximum absolute atomic E-state index is 13.8. The number of halogens is 1. The van der Waals surface area contributed by atoms with E-state index in [1.165, 1.54) is 12.3 Å². The number of hydrogen-bond donors (Lipinski definition) is 1. The van der Waals surface area contributed by atoms with Crippen LogP contribution in [0.15, 0.2) is 30.5 Å². The lowest BCUT2D eigenvalue weighted by atomic mass is 10.1. The zero-order valence-electron chi connectivity index (χ0n) is 10.2. The molecule has 0 bridgehead atoms. The van der Waals surface area contributed by atoms with Gasteiger partial charge in [-0.05, 0) is 38.1 Å². The van der Waals surface area contributed by atoms with E-state index >= 15 is 0 Å². The molecule has 18 heavy (non-hydrogen) atoms. The van der Waals surface area contributed by atoms with E-state index in [2.05, 4.69) is 9.97 Å². The summed E-state index contributed by atoms with van der Waals surface area (Å²) in [4.78, 5) is 7.83. The van der Waals surface area contributed by atoms with Crippen molar-refractivity contribution in [3.8, 4) is 17.0 Å². The molecule has 5 heteroatoms. The van der Waals surface area contributed by atoms with Gasteiger partial charge in [-0.2, -0.15) is 0 Å². The van der Waals surface area contributed by atoms with Crippen LogP contribution >= 0.6 is 0 Å². The van der Waals surface area contributed by atoms with Gasteiger partial charge >= 0.3 is 0 Å². The molecule has 4 nitrogen and oxygen atoms in total. The van der Waals surface area contributed by atoms with E-state index in [0.717, 1.165) is 0 Å². The van der Waals surface area contributed by atoms with Crippen molar-refractivity contribution in [2.45, 2.75) is 20.0 Å². The van der Waals surface area contributed by atoms with Gasteiger partial charge in [0, 0.05) is 11.8 Å². The second-order valence-electron chi connectivity index (χ2n) is 4.11. The van der Waals surface area contributed by atoms with Crippen molar-refractivity contribution >= 4 is 5.95 Å². The van der Waals surface area contributed by atoms with Crippen molar-refractivity contribution in [3.05, 3.63) is 36.3 Å². The Bertz CT molecular complexity index is 558. The molecule has 0 aliphatic carbocycles. The molecule has 2 N–H and O–H groups in total. The molecule has 1 heterocycles. The molecule has 0 fully saturated rings. The molecule has 2 rings (SSSR count). The number of rotatable bonds is 3. The fourth-order valence-corrected chi connectivity index (χ4v) is 1.54. The Balaban J connectivity index is 2.34. The van der Waals surface area contributed by atoms with Crippen molar-refractivity contribution < 1.29 is 9.13 Å². The lowest BCUT2D eigenvalue weighted by Gasteiger charge is -2.11. The summed E-state index contributed by atoms with van der Waals surface area (Å²) >= 11 is 0. The first-order chi connectivity index (χ1) is 8.56. The predicted molar refractivity (Wildman–Crippen MR) is 67.6 cm³/mol. The average Bonchev–Trinajstić information content (AvgIpc) is 2.31. The molecule has 0 unspecified atom stereocenters. The van der Waals surface area contributed by atoms with Crippen LogP contribution in [0, 0.1) is 5.82 Å². The molecule has 0 radical (unpaired) electrons. The fourth-order valence-electron chi connectivity index (χ4n) is 1.54. The SMILES string of the molecule is CC(C)Oc1ccc(-c2ccnc(N)n2)cc1F. The first-order valence-electron chi connectivity index (χ1n) is 5.61. The van der Waals surface area contributed by atoms with Gasteiger partial charge < -0.3 is 10.5 Å². The highest BCUT2D eigenvalue weighted by Gasteiger charge is 2.08. The molecule has 0 saturated heterocycles. The molecule has 0 amide bonds. The summed E-state index contributed by atoms with van der Waals surface area (Å²) in [6, 6.07) is 6.37. The first-order valence-corrected chi connectivity index (χ1v) is 5.61. The van der Waals surface area contributed by atoms with E-state index in [1.807, 2.05) is 13.8 Å². The highest BCUT2D eigenvalue weighted by atomic mass is 19.1. The standard InChI is InChI=1S/C13H14FN3O/c1-8(2)18-12-4-3-9(7-10(12)14)11-5-6-16-13(15)17-11/h3-8H,1-2H3,(H2,15,16,17). The smallest absolute Gasteiger partial charge is 0.220 e. The van der Waals surface area contributed by atoms with Gasteiger partial charge in [-0.25, -0.2) is 14.4 Å². The molecular weight excluding hydrogens is 233 g/mol. The summed E-state index contributed by atoms with van der Waals surface area (Å²) < 4.78 is 19.1. The fraction of sp³-hybridized carbons (Fsp3) is 0.231. The van der Waals surface area contributed by atoms with Crippen LogP contribution in [-0.4, -0.2) is 16.1 Å². The first kappa shape index (κ1) is 12.3. The number of nitrogen functional groups attached to an aromatic ring is 1. The quantitative estimate of drug-likeness (QED) is 0.905. The van der Waals surface area contributed by atoms with Crippen LogP contribution < -0.4 is 10.5 Å². The predicted octanol–water partition coefficient (Wildman–Crippen LogP) is 2.65. The van der Waals surface area contributed by atoms with E-state index in [1.54, 1.807) is 18.2 Å². The molecule has 1 aromatic carbocycles. The highest BCUT2D eigenvalue weighted by molar-refractivity contribution is 5.61. The van der Waals surface area contributed by atoms with Crippen molar-refractivity contribution in [2.24, 2.45) is 0 Å². The van der Waals surface area contributed by atoms with E-state index in [-0.39, 0.29) is 17.8 Å². The zero-order valence-corrected chi connectivity index (χ0v) is 10.2. The molecule has 0 aliphatic rings. The maximum Gasteiger partial charge on any atom is 0.220 e. The van der Waals surface area contributed by atoms with Gasteiger partial charge in [0.15, 0.2) is 11.6 Å². The molecule has 94 valence electrons. The van der Waals surface area contributed by atoms with Gasteiger partial charge in [-0.1, -0.05) is 0 Å². The van der Waals surface area contributed by atoms with Crippen molar-refractivity contribution in [3.63, 3.8) is 0 Å². The number of nitrogens with zero attached hydrogens (tertiary/aromatic N) is 2. The van der Waals surface area contributed by atoms with Gasteiger partial charge in [-0.15, -0.1) is 0 Å². The van der Waals surface area contributed by atoms with Gasteiger partial charge in [0.1, 0.15) is 0 Å². The third kappa shape index (κ3) is 2.74. The molecule has 0 atom stereocenters. The van der Waals surface area contributed by atoms with Crippen LogP contribution in [0.25, 0.3) is 11.3 Å². The highest BCUT2D eigenvalue weighted by Crippen LogP contribution is 2.25. The van der Waals surface area contributed by atoms with Crippen LogP contribution in [0.3, 0.4) is 0 Å². The van der Waals surface area contributed by atoms with E-state index in [0.29, 0.717) is 11.3 Å². The molecular formula is C13H14FN3O. The summed E-state index contributed by atoms with van der Waals surface area (Å²) in [5, 5.41) is 0. The van der Waals surface area contributed by atoms with Crippen LogP contribution in [-0.2, 0) is 0 Å². The molecule has 2 aromatic rings. The average molecular weight is 247 g/mol. The van der Waals surface area contributed by atoms with Crippen LogP contribution in [0.1, 0.15) is 13.8 Å².